The van der Waals surface area contributed by atoms with Crippen molar-refractivity contribution in [2.75, 3.05) is 13.2 Å². The molecular formula is C15H23NO2. The van der Waals surface area contributed by atoms with Gasteiger partial charge in [0.15, 0.2) is 11.5 Å². The van der Waals surface area contributed by atoms with Gasteiger partial charge in [-0.2, -0.15) is 0 Å². The fraction of sp³-hybridized carbons (Fsp3) is 0.600. The summed E-state index contributed by atoms with van der Waals surface area (Å²) in [6.45, 7) is 5.30. The third-order valence-corrected chi connectivity index (χ3v) is 3.51. The van der Waals surface area contributed by atoms with Gasteiger partial charge in [0.25, 0.3) is 0 Å². The summed E-state index contributed by atoms with van der Waals surface area (Å²) in [5.74, 6) is 2.28. The highest BCUT2D eigenvalue weighted by molar-refractivity contribution is 5.44. The Morgan fingerprint density at radius 2 is 1.83 bits per heavy atom. The molecule has 2 rings (SSSR count). The lowest BCUT2D eigenvalue weighted by Gasteiger charge is -2.15. The quantitative estimate of drug-likeness (QED) is 0.872. The van der Waals surface area contributed by atoms with Gasteiger partial charge < -0.3 is 15.2 Å². The van der Waals surface area contributed by atoms with Crippen molar-refractivity contribution in [3.05, 3.63) is 23.8 Å². The van der Waals surface area contributed by atoms with Gasteiger partial charge in [-0.25, -0.2) is 0 Å². The third-order valence-electron chi connectivity index (χ3n) is 3.51. The van der Waals surface area contributed by atoms with Crippen molar-refractivity contribution in [3.8, 4) is 11.5 Å². The van der Waals surface area contributed by atoms with E-state index in [-0.39, 0.29) is 0 Å². The molecule has 0 saturated heterocycles. The number of rotatable bonds is 5. The molecule has 100 valence electrons. The van der Waals surface area contributed by atoms with E-state index in [9.17, 15) is 0 Å². The lowest BCUT2D eigenvalue weighted by atomic mass is 9.97. The summed E-state index contributed by atoms with van der Waals surface area (Å²) < 4.78 is 11.2. The second kappa shape index (κ2) is 6.10. The van der Waals surface area contributed by atoms with Crippen LogP contribution >= 0.6 is 0 Å². The zero-order chi connectivity index (χ0) is 13.0. The molecular weight excluding hydrogens is 226 g/mol. The maximum absolute atomic E-state index is 5.98. The first kappa shape index (κ1) is 13.2. The molecule has 3 heteroatoms. The van der Waals surface area contributed by atoms with E-state index < -0.39 is 0 Å². The number of nitrogens with two attached hydrogens (primary N) is 1. The molecule has 3 nitrogen and oxygen atoms in total. The standard InChI is InChI=1S/C15H23NO2/c1-3-17-14-8-6-12(10-15(14)18-4-2)11-5-7-13(16)9-11/h6,8,10-11,13H,3-5,7,9,16H2,1-2H3. The van der Waals surface area contributed by atoms with Crippen LogP contribution in [-0.4, -0.2) is 19.3 Å². The Hall–Kier alpha value is -1.22. The molecule has 0 bridgehead atoms. The topological polar surface area (TPSA) is 44.5 Å². The highest BCUT2D eigenvalue weighted by Gasteiger charge is 2.24. The second-order valence-electron chi connectivity index (χ2n) is 4.84. The van der Waals surface area contributed by atoms with E-state index >= 15 is 0 Å². The molecule has 2 atom stereocenters. The van der Waals surface area contributed by atoms with Crippen molar-refractivity contribution in [2.45, 2.75) is 45.1 Å². The lowest BCUT2D eigenvalue weighted by Crippen LogP contribution is -2.14. The summed E-state index contributed by atoms with van der Waals surface area (Å²) >= 11 is 0. The van der Waals surface area contributed by atoms with Crippen molar-refractivity contribution in [2.24, 2.45) is 5.73 Å². The van der Waals surface area contributed by atoms with Crippen LogP contribution in [0.1, 0.15) is 44.6 Å². The number of hydrogen-bond donors (Lipinski definition) is 1. The van der Waals surface area contributed by atoms with Crippen LogP contribution in [0.2, 0.25) is 0 Å². The first-order valence-corrected chi connectivity index (χ1v) is 6.89. The van der Waals surface area contributed by atoms with Crippen LogP contribution in [0.25, 0.3) is 0 Å². The van der Waals surface area contributed by atoms with Gasteiger partial charge in [0, 0.05) is 6.04 Å². The predicted molar refractivity (Wildman–Crippen MR) is 73.3 cm³/mol. The zero-order valence-corrected chi connectivity index (χ0v) is 11.3. The lowest BCUT2D eigenvalue weighted by molar-refractivity contribution is 0.287. The Kier molecular flexibility index (Phi) is 4.48. The number of hydrogen-bond acceptors (Lipinski definition) is 3. The molecule has 0 aromatic heterocycles. The Morgan fingerprint density at radius 3 is 2.44 bits per heavy atom. The van der Waals surface area contributed by atoms with E-state index in [1.807, 2.05) is 19.9 Å². The van der Waals surface area contributed by atoms with Gasteiger partial charge in [-0.1, -0.05) is 6.07 Å². The van der Waals surface area contributed by atoms with E-state index in [2.05, 4.69) is 12.1 Å². The Balaban J connectivity index is 2.19. The minimum atomic E-state index is 0.358. The maximum atomic E-state index is 5.98. The minimum Gasteiger partial charge on any atom is -0.490 e. The van der Waals surface area contributed by atoms with E-state index in [4.69, 9.17) is 15.2 Å². The summed E-state index contributed by atoms with van der Waals surface area (Å²) in [5, 5.41) is 0. The zero-order valence-electron chi connectivity index (χ0n) is 11.3. The molecule has 0 aliphatic heterocycles. The molecule has 2 N–H and O–H groups in total. The summed E-state index contributed by atoms with van der Waals surface area (Å²) in [7, 11) is 0. The molecule has 0 spiro atoms. The molecule has 1 fully saturated rings. The van der Waals surface area contributed by atoms with Gasteiger partial charge in [0.05, 0.1) is 13.2 Å². The van der Waals surface area contributed by atoms with E-state index in [1.165, 1.54) is 12.0 Å². The van der Waals surface area contributed by atoms with Crippen LogP contribution in [0.15, 0.2) is 18.2 Å². The second-order valence-corrected chi connectivity index (χ2v) is 4.84. The first-order valence-electron chi connectivity index (χ1n) is 6.89. The van der Waals surface area contributed by atoms with Crippen molar-refractivity contribution in [3.63, 3.8) is 0 Å². The van der Waals surface area contributed by atoms with Crippen molar-refractivity contribution >= 4 is 0 Å². The van der Waals surface area contributed by atoms with Crippen LogP contribution in [0.3, 0.4) is 0 Å². The molecule has 18 heavy (non-hydrogen) atoms. The summed E-state index contributed by atoms with van der Waals surface area (Å²) in [5.41, 5.74) is 7.31. The summed E-state index contributed by atoms with van der Waals surface area (Å²) in [4.78, 5) is 0. The predicted octanol–water partition coefficient (Wildman–Crippen LogP) is 3.08. The van der Waals surface area contributed by atoms with Crippen molar-refractivity contribution in [1.29, 1.82) is 0 Å². The van der Waals surface area contributed by atoms with Gasteiger partial charge >= 0.3 is 0 Å². The molecule has 1 aromatic rings. The normalized spacial score (nSPS) is 23.1. The molecule has 1 aliphatic rings. The van der Waals surface area contributed by atoms with E-state index in [1.54, 1.807) is 0 Å². The van der Waals surface area contributed by atoms with Gasteiger partial charge in [-0.05, 0) is 56.7 Å². The summed E-state index contributed by atoms with van der Waals surface area (Å²) in [6, 6.07) is 6.65. The van der Waals surface area contributed by atoms with Crippen LogP contribution in [0.5, 0.6) is 11.5 Å². The Labute approximate surface area is 109 Å². The average molecular weight is 249 g/mol. The molecule has 1 saturated carbocycles. The smallest absolute Gasteiger partial charge is 0.161 e. The van der Waals surface area contributed by atoms with Crippen LogP contribution in [0.4, 0.5) is 0 Å². The number of benzene rings is 1. The van der Waals surface area contributed by atoms with Gasteiger partial charge in [-0.3, -0.25) is 0 Å². The summed E-state index contributed by atoms with van der Waals surface area (Å²) in [6.07, 6.45) is 3.39. The molecule has 1 aromatic carbocycles. The van der Waals surface area contributed by atoms with Crippen molar-refractivity contribution in [1.82, 2.24) is 0 Å². The molecule has 0 amide bonds. The fourth-order valence-electron chi connectivity index (χ4n) is 2.64. The highest BCUT2D eigenvalue weighted by Crippen LogP contribution is 2.38. The Morgan fingerprint density at radius 1 is 1.11 bits per heavy atom. The van der Waals surface area contributed by atoms with Gasteiger partial charge in [0.1, 0.15) is 0 Å². The largest absolute Gasteiger partial charge is 0.490 e. The third kappa shape index (κ3) is 2.96. The monoisotopic (exact) mass is 249 g/mol. The van der Waals surface area contributed by atoms with Crippen LogP contribution in [0, 0.1) is 0 Å². The maximum Gasteiger partial charge on any atom is 0.161 e. The van der Waals surface area contributed by atoms with E-state index in [0.29, 0.717) is 25.2 Å². The van der Waals surface area contributed by atoms with Crippen molar-refractivity contribution < 1.29 is 9.47 Å². The Bertz CT molecular complexity index is 392. The molecule has 2 unspecified atom stereocenters. The van der Waals surface area contributed by atoms with Crippen LogP contribution < -0.4 is 15.2 Å². The average Bonchev–Trinajstić information content (AvgIpc) is 2.79. The van der Waals surface area contributed by atoms with E-state index in [0.717, 1.165) is 24.3 Å². The fourth-order valence-corrected chi connectivity index (χ4v) is 2.64. The number of ether oxygens (including phenoxy) is 2. The minimum absolute atomic E-state index is 0.358. The van der Waals surface area contributed by atoms with Gasteiger partial charge in [0.2, 0.25) is 0 Å². The first-order chi connectivity index (χ1) is 8.74. The molecule has 0 heterocycles. The van der Waals surface area contributed by atoms with Crippen LogP contribution in [-0.2, 0) is 0 Å². The van der Waals surface area contributed by atoms with Gasteiger partial charge in [-0.15, -0.1) is 0 Å². The molecule has 0 radical (unpaired) electrons. The SMILES string of the molecule is CCOc1ccc(C2CCC(N)C2)cc1OCC. The highest BCUT2D eigenvalue weighted by atomic mass is 16.5. The molecule has 1 aliphatic carbocycles.